The highest BCUT2D eigenvalue weighted by Gasteiger charge is 2.05. The summed E-state index contributed by atoms with van der Waals surface area (Å²) in [6.07, 6.45) is 1.53. The van der Waals surface area contributed by atoms with Gasteiger partial charge in [0.15, 0.2) is 0 Å². The lowest BCUT2D eigenvalue weighted by atomic mass is 10.1. The fourth-order valence-corrected chi connectivity index (χ4v) is 0.143. The predicted molar refractivity (Wildman–Crippen MR) is 26.5 cm³/mol. The van der Waals surface area contributed by atoms with Gasteiger partial charge in [-0.15, -0.1) is 0 Å². The summed E-state index contributed by atoms with van der Waals surface area (Å²) >= 11 is 0. The van der Waals surface area contributed by atoms with Crippen LogP contribution in [0.5, 0.6) is 0 Å². The maximum Gasteiger partial charge on any atom is 0.306 e. The van der Waals surface area contributed by atoms with Crippen LogP contribution in [0.3, 0.4) is 0 Å². The van der Waals surface area contributed by atoms with Crippen molar-refractivity contribution in [2.75, 3.05) is 0 Å². The summed E-state index contributed by atoms with van der Waals surface area (Å²) in [6, 6.07) is 0. The molecule has 0 amide bonds. The topological polar surface area (TPSA) is 37.3 Å². The molecule has 0 aliphatic carbocycles. The second-order valence-corrected chi connectivity index (χ2v) is 1.28. The molecule has 0 aromatic rings. The number of hydrogen-bond acceptors (Lipinski definition) is 1. The van der Waals surface area contributed by atoms with E-state index in [0.29, 0.717) is 0 Å². The van der Waals surface area contributed by atoms with Crippen molar-refractivity contribution in [3.63, 3.8) is 0 Å². The van der Waals surface area contributed by atoms with Crippen LogP contribution in [-0.4, -0.2) is 11.1 Å². The number of carbonyl (C=O) groups is 1. The summed E-state index contributed by atoms with van der Waals surface area (Å²) < 4.78 is 0. The zero-order chi connectivity index (χ0) is 5.86. The van der Waals surface area contributed by atoms with E-state index in [4.69, 9.17) is 5.11 Å². The first-order chi connectivity index (χ1) is 3.18. The summed E-state index contributed by atoms with van der Waals surface area (Å²) in [7, 11) is 0. The Morgan fingerprint density at radius 1 is 2.00 bits per heavy atom. The highest BCUT2D eigenvalue weighted by Crippen LogP contribution is 1.95. The Kier molecular flexibility index (Phi) is 2.41. The van der Waals surface area contributed by atoms with Gasteiger partial charge in [-0.05, 0) is 13.3 Å². The Hall–Kier alpha value is -0.530. The van der Waals surface area contributed by atoms with E-state index < -0.39 is 11.9 Å². The maximum absolute atomic E-state index is 9.84. The van der Waals surface area contributed by atoms with Crippen molar-refractivity contribution in [3.8, 4) is 0 Å². The van der Waals surface area contributed by atoms with E-state index in [2.05, 4.69) is 6.92 Å². The van der Waals surface area contributed by atoms with Gasteiger partial charge in [0.05, 0.1) is 5.92 Å². The van der Waals surface area contributed by atoms with Crippen molar-refractivity contribution in [2.45, 2.75) is 6.92 Å². The quantitative estimate of drug-likeness (QED) is 0.555. The van der Waals surface area contributed by atoms with E-state index in [9.17, 15) is 4.79 Å². The van der Waals surface area contributed by atoms with Gasteiger partial charge in [0, 0.05) is 0 Å². The molecular formula is C5H8O2. The molecule has 0 rings (SSSR count). The molecule has 1 unspecified atom stereocenters. The van der Waals surface area contributed by atoms with Gasteiger partial charge < -0.3 is 5.11 Å². The highest BCUT2D eigenvalue weighted by molar-refractivity contribution is 5.71. The molecule has 2 radical (unpaired) electrons. The minimum atomic E-state index is -0.873. The molecule has 0 aliphatic rings. The van der Waals surface area contributed by atoms with Gasteiger partial charge in [0.1, 0.15) is 0 Å². The lowest BCUT2D eigenvalue weighted by Crippen LogP contribution is -2.07. The van der Waals surface area contributed by atoms with Gasteiger partial charge in [-0.3, -0.25) is 4.79 Å². The molecule has 7 heavy (non-hydrogen) atoms. The molecule has 0 saturated carbocycles. The molecule has 2 heteroatoms. The molecule has 0 saturated heterocycles. The van der Waals surface area contributed by atoms with Crippen molar-refractivity contribution in [1.82, 2.24) is 0 Å². The molecule has 1 N–H and O–H groups in total. The summed E-state index contributed by atoms with van der Waals surface area (Å²) in [6.45, 7) is 4.97. The van der Waals surface area contributed by atoms with Gasteiger partial charge >= 0.3 is 5.97 Å². The second kappa shape index (κ2) is 2.61. The lowest BCUT2D eigenvalue weighted by molar-refractivity contribution is -0.139. The van der Waals surface area contributed by atoms with E-state index in [0.717, 1.165) is 0 Å². The summed E-state index contributed by atoms with van der Waals surface area (Å²) in [5.74, 6) is -1.43. The molecule has 1 atom stereocenters. The Balaban J connectivity index is 3.34. The number of hydrogen-bond donors (Lipinski definition) is 1. The van der Waals surface area contributed by atoms with Crippen LogP contribution in [0, 0.1) is 19.3 Å². The van der Waals surface area contributed by atoms with Crippen LogP contribution in [0.25, 0.3) is 0 Å². The molecule has 0 aliphatic heterocycles. The SMILES string of the molecule is [CH2]C([CH]C)C(=O)O. The first-order valence-electron chi connectivity index (χ1n) is 2.04. The lowest BCUT2D eigenvalue weighted by Gasteiger charge is -1.95. The largest absolute Gasteiger partial charge is 0.481 e. The summed E-state index contributed by atoms with van der Waals surface area (Å²) in [4.78, 5) is 9.84. The molecule has 0 fully saturated rings. The first-order valence-corrected chi connectivity index (χ1v) is 2.04. The highest BCUT2D eigenvalue weighted by atomic mass is 16.4. The molecule has 0 aromatic heterocycles. The molecule has 2 nitrogen and oxygen atoms in total. The molecule has 40 valence electrons. The fraction of sp³-hybridized carbons (Fsp3) is 0.400. The normalized spacial score (nSPS) is 13.4. The van der Waals surface area contributed by atoms with Crippen molar-refractivity contribution in [1.29, 1.82) is 0 Å². The Labute approximate surface area is 43.2 Å². The van der Waals surface area contributed by atoms with Gasteiger partial charge in [-0.25, -0.2) is 0 Å². The van der Waals surface area contributed by atoms with Crippen LogP contribution in [-0.2, 0) is 4.79 Å². The molecule has 0 spiro atoms. The van der Waals surface area contributed by atoms with Crippen LogP contribution >= 0.6 is 0 Å². The van der Waals surface area contributed by atoms with Crippen molar-refractivity contribution < 1.29 is 9.90 Å². The van der Waals surface area contributed by atoms with Gasteiger partial charge in [-0.1, -0.05) is 6.92 Å². The Bertz CT molecular complexity index is 68.5. The minimum Gasteiger partial charge on any atom is -0.481 e. The van der Waals surface area contributed by atoms with Crippen LogP contribution in [0.4, 0.5) is 0 Å². The third-order valence-electron chi connectivity index (χ3n) is 0.720. The van der Waals surface area contributed by atoms with Crippen LogP contribution < -0.4 is 0 Å². The number of carboxylic acids is 1. The average molecular weight is 100 g/mol. The molecule has 0 bridgehead atoms. The van der Waals surface area contributed by atoms with Crippen molar-refractivity contribution >= 4 is 5.97 Å². The van der Waals surface area contributed by atoms with Gasteiger partial charge in [-0.2, -0.15) is 0 Å². The molecule has 0 heterocycles. The smallest absolute Gasteiger partial charge is 0.306 e. The average Bonchev–Trinajstić information content (AvgIpc) is 1.65. The van der Waals surface area contributed by atoms with E-state index in [1.165, 1.54) is 6.42 Å². The third-order valence-corrected chi connectivity index (χ3v) is 0.720. The first kappa shape index (κ1) is 6.47. The Morgan fingerprint density at radius 3 is 2.43 bits per heavy atom. The number of carboxylic acid groups (broad SMARTS) is 1. The van der Waals surface area contributed by atoms with Crippen molar-refractivity contribution in [2.24, 2.45) is 5.92 Å². The zero-order valence-electron chi connectivity index (χ0n) is 4.22. The Morgan fingerprint density at radius 2 is 2.43 bits per heavy atom. The van der Waals surface area contributed by atoms with Gasteiger partial charge in [0.2, 0.25) is 0 Å². The fourth-order valence-electron chi connectivity index (χ4n) is 0.143. The second-order valence-electron chi connectivity index (χ2n) is 1.28. The third kappa shape index (κ3) is 2.20. The number of aliphatic carboxylic acids is 1. The van der Waals surface area contributed by atoms with Crippen LogP contribution in [0.1, 0.15) is 6.92 Å². The zero-order valence-corrected chi connectivity index (χ0v) is 4.22. The standard InChI is InChI=1S/C5H8O2/c1-3-4(2)5(6)7/h3-4H,2H2,1H3,(H,6,7). The van der Waals surface area contributed by atoms with E-state index in [1.807, 2.05) is 0 Å². The van der Waals surface area contributed by atoms with E-state index in [1.54, 1.807) is 6.92 Å². The molecular weight excluding hydrogens is 92.1 g/mol. The minimum absolute atomic E-state index is 0.556. The summed E-state index contributed by atoms with van der Waals surface area (Å²) in [5, 5.41) is 8.09. The van der Waals surface area contributed by atoms with Gasteiger partial charge in [0.25, 0.3) is 0 Å². The maximum atomic E-state index is 9.84. The molecule has 0 aromatic carbocycles. The van der Waals surface area contributed by atoms with Crippen molar-refractivity contribution in [3.05, 3.63) is 13.3 Å². The summed E-state index contributed by atoms with van der Waals surface area (Å²) in [5.41, 5.74) is 0. The van der Waals surface area contributed by atoms with Crippen LogP contribution in [0.2, 0.25) is 0 Å². The monoisotopic (exact) mass is 100 g/mol. The van der Waals surface area contributed by atoms with E-state index >= 15 is 0 Å². The predicted octanol–water partition coefficient (Wildman–Crippen LogP) is 0.745. The van der Waals surface area contributed by atoms with Crippen LogP contribution in [0.15, 0.2) is 0 Å². The van der Waals surface area contributed by atoms with E-state index in [-0.39, 0.29) is 0 Å². The number of rotatable bonds is 2.